The van der Waals surface area contributed by atoms with E-state index in [9.17, 15) is 4.79 Å². The molecule has 1 heterocycles. The molecule has 0 saturated heterocycles. The number of hydrazine groups is 1. The smallest absolute Gasteiger partial charge is 0.408 e. The first-order valence-electron chi connectivity index (χ1n) is 4.78. The summed E-state index contributed by atoms with van der Waals surface area (Å²) in [5.74, 6) is 0.359. The van der Waals surface area contributed by atoms with Gasteiger partial charge in [-0.2, -0.15) is 0 Å². The van der Waals surface area contributed by atoms with Gasteiger partial charge in [-0.25, -0.2) is 10.2 Å². The first-order valence-corrected chi connectivity index (χ1v) is 4.78. The molecule has 1 amide bonds. The number of pyridine rings is 1. The molecule has 88 valence electrons. The highest BCUT2D eigenvalue weighted by molar-refractivity contribution is 5.69. The second-order valence-electron chi connectivity index (χ2n) is 4.02. The van der Waals surface area contributed by atoms with Gasteiger partial charge in [0.1, 0.15) is 0 Å². The average Bonchev–Trinajstić information content (AvgIpc) is 2.17. The van der Waals surface area contributed by atoms with E-state index in [2.05, 4.69) is 16.0 Å². The summed E-state index contributed by atoms with van der Waals surface area (Å²) in [5.41, 5.74) is 4.13. The molecule has 0 aliphatic carbocycles. The lowest BCUT2D eigenvalue weighted by atomic mass is 10.2. The molecule has 6 nitrogen and oxygen atoms in total. The molecule has 1 aromatic heterocycles. The van der Waals surface area contributed by atoms with Crippen molar-refractivity contribution in [2.24, 2.45) is 0 Å². The fourth-order valence-electron chi connectivity index (χ4n) is 0.760. The van der Waals surface area contributed by atoms with E-state index in [1.165, 1.54) is 6.20 Å². The number of aromatic nitrogens is 1. The van der Waals surface area contributed by atoms with Crippen molar-refractivity contribution in [3.63, 3.8) is 0 Å². The molecular formula is C10H15N3O3. The summed E-state index contributed by atoms with van der Waals surface area (Å²) in [6, 6.07) is 3.29. The fourth-order valence-corrected chi connectivity index (χ4v) is 0.760. The summed E-state index contributed by atoms with van der Waals surface area (Å²) in [5, 5.41) is 0. The second-order valence-corrected chi connectivity index (χ2v) is 4.02. The fraction of sp³-hybridized carbons (Fsp3) is 0.400. The van der Waals surface area contributed by atoms with Crippen LogP contribution in [0.5, 0.6) is 5.75 Å². The quantitative estimate of drug-likeness (QED) is 0.761. The predicted molar refractivity (Wildman–Crippen MR) is 57.4 cm³/mol. The molecule has 6 heteroatoms. The van der Waals surface area contributed by atoms with Crippen molar-refractivity contribution in [1.82, 2.24) is 16.0 Å². The standard InChI is InChI=1S/C10H15N3O3/c1-10(2,3)16-13-12-9(14)15-8-5-4-6-11-7-8/h4-7,13H,1-3H3,(H,12,14). The van der Waals surface area contributed by atoms with Crippen LogP contribution in [0.15, 0.2) is 24.5 Å². The first-order chi connectivity index (χ1) is 7.47. The number of amides is 1. The average molecular weight is 225 g/mol. The summed E-state index contributed by atoms with van der Waals surface area (Å²) >= 11 is 0. The zero-order valence-electron chi connectivity index (χ0n) is 9.48. The first kappa shape index (κ1) is 12.4. The van der Waals surface area contributed by atoms with Gasteiger partial charge in [-0.15, -0.1) is 5.59 Å². The maximum Gasteiger partial charge on any atom is 0.428 e. The molecule has 1 rings (SSSR count). The Kier molecular flexibility index (Phi) is 4.21. The highest BCUT2D eigenvalue weighted by Gasteiger charge is 2.11. The maximum atomic E-state index is 11.2. The minimum Gasteiger partial charge on any atom is -0.408 e. The lowest BCUT2D eigenvalue weighted by Gasteiger charge is -2.19. The topological polar surface area (TPSA) is 72.5 Å². The highest BCUT2D eigenvalue weighted by Crippen LogP contribution is 2.06. The molecule has 1 aromatic rings. The van der Waals surface area contributed by atoms with Gasteiger partial charge in [-0.1, -0.05) is 0 Å². The number of hydrogen-bond acceptors (Lipinski definition) is 5. The van der Waals surface area contributed by atoms with Crippen LogP contribution in [0.2, 0.25) is 0 Å². The molecule has 0 spiro atoms. The zero-order chi connectivity index (χ0) is 12.0. The molecule has 16 heavy (non-hydrogen) atoms. The molecule has 0 unspecified atom stereocenters. The number of hydrogen-bond donors (Lipinski definition) is 2. The number of rotatable bonds is 3. The molecule has 0 saturated carbocycles. The lowest BCUT2D eigenvalue weighted by molar-refractivity contribution is -0.0881. The monoisotopic (exact) mass is 225 g/mol. The van der Waals surface area contributed by atoms with E-state index >= 15 is 0 Å². The van der Waals surface area contributed by atoms with E-state index in [0.29, 0.717) is 5.75 Å². The summed E-state index contributed by atoms with van der Waals surface area (Å²) in [6.07, 6.45) is 2.35. The van der Waals surface area contributed by atoms with Crippen molar-refractivity contribution in [2.75, 3.05) is 0 Å². The van der Waals surface area contributed by atoms with E-state index in [-0.39, 0.29) is 0 Å². The van der Waals surface area contributed by atoms with E-state index in [1.54, 1.807) is 18.3 Å². The van der Waals surface area contributed by atoms with Crippen molar-refractivity contribution < 1.29 is 14.4 Å². The second kappa shape index (κ2) is 5.43. The van der Waals surface area contributed by atoms with Gasteiger partial charge in [0.05, 0.1) is 11.8 Å². The van der Waals surface area contributed by atoms with E-state index in [1.807, 2.05) is 20.8 Å². The number of carbonyl (C=O) groups is 1. The van der Waals surface area contributed by atoms with Crippen LogP contribution < -0.4 is 15.8 Å². The summed E-state index contributed by atoms with van der Waals surface area (Å²) in [6.45, 7) is 5.52. The maximum absolute atomic E-state index is 11.2. The third-order valence-electron chi connectivity index (χ3n) is 1.36. The Morgan fingerprint density at radius 2 is 2.19 bits per heavy atom. The van der Waals surface area contributed by atoms with Crippen LogP contribution in [-0.2, 0) is 4.84 Å². The molecule has 0 radical (unpaired) electrons. The Morgan fingerprint density at radius 1 is 1.44 bits per heavy atom. The number of nitrogens with one attached hydrogen (secondary N) is 2. The molecule has 0 fully saturated rings. The van der Waals surface area contributed by atoms with E-state index in [0.717, 1.165) is 0 Å². The van der Waals surface area contributed by atoms with Gasteiger partial charge >= 0.3 is 6.09 Å². The van der Waals surface area contributed by atoms with Crippen LogP contribution in [-0.4, -0.2) is 16.7 Å². The Hall–Kier alpha value is -1.66. The summed E-state index contributed by atoms with van der Waals surface area (Å²) < 4.78 is 4.87. The van der Waals surface area contributed by atoms with Gasteiger partial charge in [-0.3, -0.25) is 9.82 Å². The van der Waals surface area contributed by atoms with Crippen molar-refractivity contribution in [2.45, 2.75) is 26.4 Å². The van der Waals surface area contributed by atoms with Crippen LogP contribution in [0.4, 0.5) is 4.79 Å². The van der Waals surface area contributed by atoms with E-state index in [4.69, 9.17) is 9.57 Å². The van der Waals surface area contributed by atoms with E-state index < -0.39 is 11.7 Å². The van der Waals surface area contributed by atoms with Gasteiger partial charge in [0.15, 0.2) is 5.75 Å². The minimum absolute atomic E-state index is 0.359. The van der Waals surface area contributed by atoms with Gasteiger partial charge in [-0.05, 0) is 32.9 Å². The Balaban J connectivity index is 2.27. The SMILES string of the molecule is CC(C)(C)ONNC(=O)Oc1cccnc1. The van der Waals surface area contributed by atoms with Crippen LogP contribution >= 0.6 is 0 Å². The number of carbonyl (C=O) groups excluding carboxylic acids is 1. The van der Waals surface area contributed by atoms with Crippen LogP contribution in [0.1, 0.15) is 20.8 Å². The molecule has 0 aliphatic heterocycles. The third kappa shape index (κ3) is 5.28. The molecule has 2 N–H and O–H groups in total. The zero-order valence-corrected chi connectivity index (χ0v) is 9.48. The lowest BCUT2D eigenvalue weighted by Crippen LogP contribution is -2.43. The Bertz CT molecular complexity index is 335. The molecular weight excluding hydrogens is 210 g/mol. The highest BCUT2D eigenvalue weighted by atomic mass is 16.7. The minimum atomic E-state index is -0.669. The molecule has 0 atom stereocenters. The van der Waals surface area contributed by atoms with Crippen LogP contribution in [0.3, 0.4) is 0 Å². The van der Waals surface area contributed by atoms with Gasteiger partial charge in [0.25, 0.3) is 0 Å². The van der Waals surface area contributed by atoms with Crippen molar-refractivity contribution in [1.29, 1.82) is 0 Å². The normalized spacial score (nSPS) is 10.9. The van der Waals surface area contributed by atoms with Crippen molar-refractivity contribution in [3.8, 4) is 5.75 Å². The van der Waals surface area contributed by atoms with Crippen molar-refractivity contribution in [3.05, 3.63) is 24.5 Å². The Labute approximate surface area is 93.9 Å². The summed E-state index contributed by atoms with van der Waals surface area (Å²) in [7, 11) is 0. The number of ether oxygens (including phenoxy) is 1. The van der Waals surface area contributed by atoms with Gasteiger partial charge in [0.2, 0.25) is 0 Å². The van der Waals surface area contributed by atoms with Crippen molar-refractivity contribution >= 4 is 6.09 Å². The summed E-state index contributed by atoms with van der Waals surface area (Å²) in [4.78, 5) is 20.1. The van der Waals surface area contributed by atoms with Crippen LogP contribution in [0, 0.1) is 0 Å². The predicted octanol–water partition coefficient (Wildman–Crippen LogP) is 1.40. The third-order valence-corrected chi connectivity index (χ3v) is 1.36. The molecule has 0 aliphatic rings. The molecule has 0 aromatic carbocycles. The van der Waals surface area contributed by atoms with Gasteiger partial charge < -0.3 is 4.74 Å². The Morgan fingerprint density at radius 3 is 2.75 bits per heavy atom. The molecule has 0 bridgehead atoms. The van der Waals surface area contributed by atoms with Crippen LogP contribution in [0.25, 0.3) is 0 Å². The number of nitrogens with zero attached hydrogens (tertiary/aromatic N) is 1. The largest absolute Gasteiger partial charge is 0.428 e. The van der Waals surface area contributed by atoms with Gasteiger partial charge in [0, 0.05) is 6.20 Å².